The lowest BCUT2D eigenvalue weighted by molar-refractivity contribution is 0.0697. The molecule has 0 fully saturated rings. The summed E-state index contributed by atoms with van der Waals surface area (Å²) in [6.07, 6.45) is 2.67. The van der Waals surface area contributed by atoms with Crippen molar-refractivity contribution in [2.24, 2.45) is 7.05 Å². The van der Waals surface area contributed by atoms with Gasteiger partial charge in [-0.05, 0) is 0 Å². The van der Waals surface area contributed by atoms with Gasteiger partial charge in [0.05, 0.1) is 29.8 Å². The molecule has 5 nitrogen and oxygen atoms in total. The first kappa shape index (κ1) is 11.2. The third-order valence-corrected chi connectivity index (χ3v) is 2.26. The number of pyridine rings is 1. The summed E-state index contributed by atoms with van der Waals surface area (Å²) in [5, 5.41) is 12.6. The smallest absolute Gasteiger partial charge is 0.339 e. The molecule has 7 heteroatoms. The number of carboxylic acid groups (broad SMARTS) is 1. The van der Waals surface area contributed by atoms with Crippen molar-refractivity contribution in [2.75, 3.05) is 0 Å². The van der Waals surface area contributed by atoms with Gasteiger partial charge in [0.2, 0.25) is 0 Å². The van der Waals surface area contributed by atoms with E-state index in [1.807, 2.05) is 0 Å². The van der Waals surface area contributed by atoms with Gasteiger partial charge < -0.3 is 5.11 Å². The number of aromatic nitrogens is 3. The van der Waals surface area contributed by atoms with Gasteiger partial charge in [-0.1, -0.05) is 0 Å². The van der Waals surface area contributed by atoms with Gasteiger partial charge in [0.1, 0.15) is 5.56 Å². The SMILES string of the molecule is Cn1ncc(C(=O)O)c1-c1c(F)cncc1F. The van der Waals surface area contributed by atoms with Crippen molar-refractivity contribution in [1.29, 1.82) is 0 Å². The van der Waals surface area contributed by atoms with Gasteiger partial charge in [-0.25, -0.2) is 13.6 Å². The van der Waals surface area contributed by atoms with E-state index >= 15 is 0 Å². The van der Waals surface area contributed by atoms with E-state index in [4.69, 9.17) is 5.11 Å². The molecule has 17 heavy (non-hydrogen) atoms. The first-order valence-electron chi connectivity index (χ1n) is 4.57. The molecule has 2 aromatic rings. The molecular formula is C10H7F2N3O2. The molecule has 2 heterocycles. The van der Waals surface area contributed by atoms with Crippen LogP contribution in [0.15, 0.2) is 18.6 Å². The van der Waals surface area contributed by atoms with Gasteiger partial charge >= 0.3 is 5.97 Å². The first-order chi connectivity index (χ1) is 8.02. The normalized spacial score (nSPS) is 10.5. The quantitative estimate of drug-likeness (QED) is 0.861. The molecule has 88 valence electrons. The molecule has 0 aromatic carbocycles. The predicted octanol–water partition coefficient (Wildman–Crippen LogP) is 1.46. The van der Waals surface area contributed by atoms with E-state index in [9.17, 15) is 13.6 Å². The Morgan fingerprint density at radius 2 is 1.88 bits per heavy atom. The zero-order valence-electron chi connectivity index (χ0n) is 8.69. The molecule has 2 aromatic heterocycles. The molecular weight excluding hydrogens is 232 g/mol. The van der Waals surface area contributed by atoms with Crippen molar-refractivity contribution in [3.8, 4) is 11.3 Å². The lowest BCUT2D eigenvalue weighted by Crippen LogP contribution is -2.04. The van der Waals surface area contributed by atoms with Crippen LogP contribution in [-0.2, 0) is 7.05 Å². The van der Waals surface area contributed by atoms with E-state index in [1.54, 1.807) is 0 Å². The van der Waals surface area contributed by atoms with E-state index in [0.717, 1.165) is 23.3 Å². The highest BCUT2D eigenvalue weighted by Crippen LogP contribution is 2.27. The van der Waals surface area contributed by atoms with Gasteiger partial charge in [0.15, 0.2) is 11.6 Å². The Balaban J connectivity index is 2.76. The molecule has 0 amide bonds. The van der Waals surface area contributed by atoms with Crippen molar-refractivity contribution in [3.63, 3.8) is 0 Å². The van der Waals surface area contributed by atoms with E-state index in [1.165, 1.54) is 7.05 Å². The second-order valence-electron chi connectivity index (χ2n) is 3.31. The van der Waals surface area contributed by atoms with Crippen molar-refractivity contribution >= 4 is 5.97 Å². The zero-order chi connectivity index (χ0) is 12.6. The number of hydrogen-bond acceptors (Lipinski definition) is 3. The van der Waals surface area contributed by atoms with Crippen molar-refractivity contribution < 1.29 is 18.7 Å². The van der Waals surface area contributed by atoms with Gasteiger partial charge in [0, 0.05) is 7.05 Å². The summed E-state index contributed by atoms with van der Waals surface area (Å²) < 4.78 is 28.1. The van der Waals surface area contributed by atoms with Crippen LogP contribution in [0, 0.1) is 11.6 Å². The number of aromatic carboxylic acids is 1. The maximum absolute atomic E-state index is 13.5. The van der Waals surface area contributed by atoms with Crippen LogP contribution in [0.4, 0.5) is 8.78 Å². The first-order valence-corrected chi connectivity index (χ1v) is 4.57. The minimum Gasteiger partial charge on any atom is -0.478 e. The molecule has 0 bridgehead atoms. The second-order valence-corrected chi connectivity index (χ2v) is 3.31. The van der Waals surface area contributed by atoms with Crippen LogP contribution >= 0.6 is 0 Å². The monoisotopic (exact) mass is 239 g/mol. The van der Waals surface area contributed by atoms with Crippen LogP contribution in [0.5, 0.6) is 0 Å². The minimum absolute atomic E-state index is 0.130. The fourth-order valence-electron chi connectivity index (χ4n) is 1.53. The van der Waals surface area contributed by atoms with Crippen LogP contribution in [0.2, 0.25) is 0 Å². The summed E-state index contributed by atoms with van der Waals surface area (Å²) in [7, 11) is 1.40. The summed E-state index contributed by atoms with van der Waals surface area (Å²) >= 11 is 0. The molecule has 0 saturated carbocycles. The van der Waals surface area contributed by atoms with Gasteiger partial charge in [-0.2, -0.15) is 5.10 Å². The number of hydrogen-bond donors (Lipinski definition) is 1. The number of aryl methyl sites for hydroxylation is 1. The summed E-state index contributed by atoms with van der Waals surface area (Å²) in [6.45, 7) is 0. The molecule has 0 saturated heterocycles. The average molecular weight is 239 g/mol. The lowest BCUT2D eigenvalue weighted by atomic mass is 10.1. The molecule has 1 N–H and O–H groups in total. The van der Waals surface area contributed by atoms with Gasteiger partial charge in [0.25, 0.3) is 0 Å². The fraction of sp³-hybridized carbons (Fsp3) is 0.100. The maximum atomic E-state index is 13.5. The van der Waals surface area contributed by atoms with E-state index in [2.05, 4.69) is 10.1 Å². The highest BCUT2D eigenvalue weighted by Gasteiger charge is 2.22. The molecule has 0 aliphatic rings. The topological polar surface area (TPSA) is 68.0 Å². The zero-order valence-corrected chi connectivity index (χ0v) is 8.69. The van der Waals surface area contributed by atoms with Crippen LogP contribution in [0.1, 0.15) is 10.4 Å². The van der Waals surface area contributed by atoms with Gasteiger partial charge in [-0.15, -0.1) is 0 Å². The predicted molar refractivity (Wildman–Crippen MR) is 53.3 cm³/mol. The Bertz CT molecular complexity index is 575. The molecule has 0 unspecified atom stereocenters. The molecule has 0 aliphatic carbocycles. The fourth-order valence-corrected chi connectivity index (χ4v) is 1.53. The van der Waals surface area contributed by atoms with Crippen LogP contribution in [-0.4, -0.2) is 25.8 Å². The number of rotatable bonds is 2. The number of halogens is 2. The van der Waals surface area contributed by atoms with E-state index < -0.39 is 23.2 Å². The molecule has 2 rings (SSSR count). The summed E-state index contributed by atoms with van der Waals surface area (Å²) in [5.41, 5.74) is -0.844. The Labute approximate surface area is 94.3 Å². The van der Waals surface area contributed by atoms with Crippen LogP contribution < -0.4 is 0 Å². The maximum Gasteiger partial charge on any atom is 0.339 e. The summed E-state index contributed by atoms with van der Waals surface area (Å²) in [4.78, 5) is 14.2. The van der Waals surface area contributed by atoms with E-state index in [-0.39, 0.29) is 11.3 Å². The Hall–Kier alpha value is -2.31. The molecule has 0 atom stereocenters. The highest BCUT2D eigenvalue weighted by molar-refractivity contribution is 5.94. The van der Waals surface area contributed by atoms with Crippen molar-refractivity contribution in [1.82, 2.24) is 14.8 Å². The third-order valence-electron chi connectivity index (χ3n) is 2.26. The molecule has 0 aliphatic heterocycles. The van der Waals surface area contributed by atoms with Gasteiger partial charge in [-0.3, -0.25) is 9.67 Å². The average Bonchev–Trinajstić information content (AvgIpc) is 2.61. The highest BCUT2D eigenvalue weighted by atomic mass is 19.1. The largest absolute Gasteiger partial charge is 0.478 e. The molecule has 0 spiro atoms. The third kappa shape index (κ3) is 1.75. The number of carbonyl (C=O) groups is 1. The Morgan fingerprint density at radius 3 is 2.41 bits per heavy atom. The Morgan fingerprint density at radius 1 is 1.29 bits per heavy atom. The summed E-state index contributed by atoms with van der Waals surface area (Å²) in [5.74, 6) is -3.17. The number of nitrogens with zero attached hydrogens (tertiary/aromatic N) is 3. The standard InChI is InChI=1S/C10H7F2N3O2/c1-15-9(5(2-14-15)10(16)17)8-6(11)3-13-4-7(8)12/h2-4H,1H3,(H,16,17). The second kappa shape index (κ2) is 3.93. The van der Waals surface area contributed by atoms with Crippen molar-refractivity contribution in [3.05, 3.63) is 35.8 Å². The lowest BCUT2D eigenvalue weighted by Gasteiger charge is -2.06. The van der Waals surface area contributed by atoms with Crippen LogP contribution in [0.25, 0.3) is 11.3 Å². The Kier molecular flexibility index (Phi) is 2.58. The summed E-state index contributed by atoms with van der Waals surface area (Å²) in [6, 6.07) is 0. The minimum atomic E-state index is -1.30. The van der Waals surface area contributed by atoms with Crippen molar-refractivity contribution in [2.45, 2.75) is 0 Å². The van der Waals surface area contributed by atoms with E-state index in [0.29, 0.717) is 0 Å². The van der Waals surface area contributed by atoms with Crippen LogP contribution in [0.3, 0.4) is 0 Å². The molecule has 0 radical (unpaired) electrons. The number of carboxylic acids is 1.